The van der Waals surface area contributed by atoms with Crippen LogP contribution in [0.4, 0.5) is 5.82 Å². The number of carbonyl (C=O) groups is 1. The van der Waals surface area contributed by atoms with Gasteiger partial charge in [0.05, 0.1) is 5.75 Å². The summed E-state index contributed by atoms with van der Waals surface area (Å²) in [6, 6.07) is 5.93. The van der Waals surface area contributed by atoms with Gasteiger partial charge in [0, 0.05) is 44.8 Å². The average molecular weight is 372 g/mol. The maximum Gasteiger partial charge on any atom is 0.233 e. The summed E-state index contributed by atoms with van der Waals surface area (Å²) in [7, 11) is 0. The molecule has 2 aromatic heterocycles. The highest BCUT2D eigenvalue weighted by atomic mass is 32.2. The standard InChI is InChI=1S/C18H24N6OS/c1-2-24-17(14-6-7-14)20-21-18(24)26-13-16(25)23-11-9-22(10-12-23)15-5-3-4-8-19-15/h3-5,8,14H,2,6-7,9-13H2,1H3. The first-order chi connectivity index (χ1) is 12.8. The average Bonchev–Trinajstić information content (AvgIpc) is 3.46. The molecular formula is C18H24N6OS. The number of rotatable bonds is 6. The summed E-state index contributed by atoms with van der Waals surface area (Å²) in [6.07, 6.45) is 4.23. The van der Waals surface area contributed by atoms with Crippen LogP contribution >= 0.6 is 11.8 Å². The molecule has 0 bridgehead atoms. The van der Waals surface area contributed by atoms with Crippen molar-refractivity contribution in [3.8, 4) is 0 Å². The number of pyridine rings is 1. The van der Waals surface area contributed by atoms with Crippen LogP contribution in [0.25, 0.3) is 0 Å². The lowest BCUT2D eigenvalue weighted by atomic mass is 10.3. The molecule has 2 aromatic rings. The van der Waals surface area contributed by atoms with Crippen LogP contribution < -0.4 is 4.90 Å². The molecule has 2 aliphatic rings. The number of piperazine rings is 1. The van der Waals surface area contributed by atoms with Crippen molar-refractivity contribution in [1.29, 1.82) is 0 Å². The van der Waals surface area contributed by atoms with Gasteiger partial charge in [0.2, 0.25) is 5.91 Å². The fourth-order valence-electron chi connectivity index (χ4n) is 3.29. The number of aromatic nitrogens is 4. The van der Waals surface area contributed by atoms with Gasteiger partial charge >= 0.3 is 0 Å². The van der Waals surface area contributed by atoms with Gasteiger partial charge < -0.3 is 14.4 Å². The lowest BCUT2D eigenvalue weighted by molar-refractivity contribution is -0.128. The van der Waals surface area contributed by atoms with E-state index in [4.69, 9.17) is 0 Å². The molecule has 138 valence electrons. The molecule has 1 saturated heterocycles. The zero-order chi connectivity index (χ0) is 17.9. The summed E-state index contributed by atoms with van der Waals surface area (Å²) < 4.78 is 2.16. The molecule has 1 aliphatic heterocycles. The highest BCUT2D eigenvalue weighted by molar-refractivity contribution is 7.99. The first kappa shape index (κ1) is 17.3. The van der Waals surface area contributed by atoms with Gasteiger partial charge in [0.25, 0.3) is 0 Å². The number of carbonyl (C=O) groups excluding carboxylic acids is 1. The summed E-state index contributed by atoms with van der Waals surface area (Å²) in [5.41, 5.74) is 0. The number of hydrogen-bond donors (Lipinski definition) is 0. The smallest absolute Gasteiger partial charge is 0.233 e. The molecular weight excluding hydrogens is 348 g/mol. The monoisotopic (exact) mass is 372 g/mol. The SMILES string of the molecule is CCn1c(SCC(=O)N2CCN(c3ccccn3)CC2)nnc1C1CC1. The van der Waals surface area contributed by atoms with E-state index >= 15 is 0 Å². The Hall–Kier alpha value is -2.09. The lowest BCUT2D eigenvalue weighted by Gasteiger charge is -2.35. The molecule has 0 N–H and O–H groups in total. The van der Waals surface area contributed by atoms with Gasteiger partial charge in [-0.2, -0.15) is 0 Å². The van der Waals surface area contributed by atoms with Crippen LogP contribution in [0.2, 0.25) is 0 Å². The van der Waals surface area contributed by atoms with Crippen molar-refractivity contribution in [2.75, 3.05) is 36.8 Å². The Morgan fingerprint density at radius 1 is 1.19 bits per heavy atom. The molecule has 4 rings (SSSR count). The van der Waals surface area contributed by atoms with Crippen LogP contribution in [0.1, 0.15) is 31.5 Å². The van der Waals surface area contributed by atoms with Gasteiger partial charge in [0.1, 0.15) is 11.6 Å². The summed E-state index contributed by atoms with van der Waals surface area (Å²) in [5.74, 6) is 3.25. The maximum absolute atomic E-state index is 12.6. The predicted octanol–water partition coefficient (Wildman–Crippen LogP) is 2.01. The minimum atomic E-state index is 0.175. The second-order valence-electron chi connectivity index (χ2n) is 6.70. The van der Waals surface area contributed by atoms with Crippen LogP contribution in [0.15, 0.2) is 29.6 Å². The van der Waals surface area contributed by atoms with E-state index in [-0.39, 0.29) is 5.91 Å². The van der Waals surface area contributed by atoms with Crippen molar-refractivity contribution in [3.05, 3.63) is 30.2 Å². The van der Waals surface area contributed by atoms with Gasteiger partial charge in [-0.05, 0) is 31.9 Å². The van der Waals surface area contributed by atoms with Gasteiger partial charge in [-0.15, -0.1) is 10.2 Å². The molecule has 8 heteroatoms. The zero-order valence-electron chi connectivity index (χ0n) is 15.0. The van der Waals surface area contributed by atoms with Crippen LogP contribution in [0, 0.1) is 0 Å². The van der Waals surface area contributed by atoms with Crippen LogP contribution in [-0.4, -0.2) is 62.5 Å². The molecule has 0 atom stereocenters. The van der Waals surface area contributed by atoms with Crippen LogP contribution in [0.5, 0.6) is 0 Å². The summed E-state index contributed by atoms with van der Waals surface area (Å²) in [5, 5.41) is 9.51. The molecule has 0 unspecified atom stereocenters. The normalized spacial score (nSPS) is 17.6. The van der Waals surface area contributed by atoms with Crippen molar-refractivity contribution < 1.29 is 4.79 Å². The Bertz CT molecular complexity index is 752. The van der Waals surface area contributed by atoms with E-state index in [0.29, 0.717) is 11.7 Å². The van der Waals surface area contributed by atoms with Crippen LogP contribution in [-0.2, 0) is 11.3 Å². The largest absolute Gasteiger partial charge is 0.353 e. The van der Waals surface area contributed by atoms with Crippen molar-refractivity contribution in [3.63, 3.8) is 0 Å². The number of amides is 1. The number of nitrogens with zero attached hydrogens (tertiary/aromatic N) is 6. The first-order valence-electron chi connectivity index (χ1n) is 9.26. The van der Waals surface area contributed by atoms with Crippen molar-refractivity contribution in [1.82, 2.24) is 24.6 Å². The molecule has 1 saturated carbocycles. The predicted molar refractivity (Wildman–Crippen MR) is 101 cm³/mol. The second-order valence-corrected chi connectivity index (χ2v) is 7.65. The lowest BCUT2D eigenvalue weighted by Crippen LogP contribution is -2.49. The second kappa shape index (κ2) is 7.65. The number of thioether (sulfide) groups is 1. The van der Waals surface area contributed by atoms with Gasteiger partial charge in [0.15, 0.2) is 5.16 Å². The van der Waals surface area contributed by atoms with Crippen molar-refractivity contribution in [2.45, 2.75) is 37.4 Å². The molecule has 2 fully saturated rings. The molecule has 0 radical (unpaired) electrons. The number of hydrogen-bond acceptors (Lipinski definition) is 6. The van der Waals surface area contributed by atoms with E-state index in [0.717, 1.165) is 49.5 Å². The molecule has 3 heterocycles. The van der Waals surface area contributed by atoms with E-state index in [2.05, 4.69) is 31.6 Å². The Kier molecular flexibility index (Phi) is 5.10. The summed E-state index contributed by atoms with van der Waals surface area (Å²) in [6.45, 7) is 6.10. The van der Waals surface area contributed by atoms with Crippen molar-refractivity contribution >= 4 is 23.5 Å². The number of anilines is 1. The highest BCUT2D eigenvalue weighted by Gasteiger charge is 2.30. The Morgan fingerprint density at radius 3 is 2.65 bits per heavy atom. The summed E-state index contributed by atoms with van der Waals surface area (Å²) in [4.78, 5) is 21.1. The summed E-state index contributed by atoms with van der Waals surface area (Å²) >= 11 is 1.51. The Labute approximate surface area is 157 Å². The maximum atomic E-state index is 12.6. The van der Waals surface area contributed by atoms with E-state index in [1.54, 1.807) is 0 Å². The molecule has 0 spiro atoms. The van der Waals surface area contributed by atoms with E-state index < -0.39 is 0 Å². The minimum Gasteiger partial charge on any atom is -0.353 e. The quantitative estimate of drug-likeness (QED) is 0.723. The third kappa shape index (κ3) is 3.70. The zero-order valence-corrected chi connectivity index (χ0v) is 15.9. The molecule has 7 nitrogen and oxygen atoms in total. The van der Waals surface area contributed by atoms with Gasteiger partial charge in [-0.3, -0.25) is 4.79 Å². The topological polar surface area (TPSA) is 67.2 Å². The van der Waals surface area contributed by atoms with E-state index in [1.165, 1.54) is 24.6 Å². The third-order valence-electron chi connectivity index (χ3n) is 4.93. The van der Waals surface area contributed by atoms with E-state index in [9.17, 15) is 4.79 Å². The first-order valence-corrected chi connectivity index (χ1v) is 10.2. The van der Waals surface area contributed by atoms with E-state index in [1.807, 2.05) is 29.3 Å². The fraction of sp³-hybridized carbons (Fsp3) is 0.556. The molecule has 1 aliphatic carbocycles. The fourth-order valence-corrected chi connectivity index (χ4v) is 4.20. The molecule has 1 amide bonds. The Balaban J connectivity index is 1.29. The molecule has 0 aromatic carbocycles. The van der Waals surface area contributed by atoms with Gasteiger partial charge in [-0.1, -0.05) is 17.8 Å². The van der Waals surface area contributed by atoms with Crippen LogP contribution in [0.3, 0.4) is 0 Å². The van der Waals surface area contributed by atoms with Gasteiger partial charge in [-0.25, -0.2) is 4.98 Å². The minimum absolute atomic E-state index is 0.175. The third-order valence-corrected chi connectivity index (χ3v) is 5.89. The highest BCUT2D eigenvalue weighted by Crippen LogP contribution is 2.40. The Morgan fingerprint density at radius 2 is 2.00 bits per heavy atom. The molecule has 26 heavy (non-hydrogen) atoms. The van der Waals surface area contributed by atoms with Crippen molar-refractivity contribution in [2.24, 2.45) is 0 Å².